The molecule has 3 rings (SSSR count). The number of hydrogen-bond donors (Lipinski definition) is 2. The van der Waals surface area contributed by atoms with Crippen LogP contribution in [0.3, 0.4) is 0 Å². The first-order chi connectivity index (χ1) is 9.66. The minimum absolute atomic E-state index is 0.000000000000000222. The summed E-state index contributed by atoms with van der Waals surface area (Å²) in [6, 6.07) is 5.85. The number of carbonyl (C=O) groups excluding carboxylic acids is 2. The summed E-state index contributed by atoms with van der Waals surface area (Å²) in [5.41, 5.74) is 8.20. The zero-order valence-corrected chi connectivity index (χ0v) is 11.4. The van der Waals surface area contributed by atoms with E-state index in [1.54, 1.807) is 4.90 Å². The van der Waals surface area contributed by atoms with Gasteiger partial charge in [0.25, 0.3) is 5.91 Å². The van der Waals surface area contributed by atoms with Crippen molar-refractivity contribution >= 4 is 17.5 Å². The number of nitrogens with zero attached hydrogens (tertiary/aromatic N) is 1. The Kier molecular flexibility index (Phi) is 3.34. The van der Waals surface area contributed by atoms with Crippen LogP contribution < -0.4 is 11.1 Å². The molecule has 1 aromatic rings. The van der Waals surface area contributed by atoms with Gasteiger partial charge in [0, 0.05) is 19.6 Å². The quantitative estimate of drug-likeness (QED) is 0.844. The maximum Gasteiger partial charge on any atom is 0.255 e. The Morgan fingerprint density at radius 3 is 2.95 bits per heavy atom. The number of nitrogens with two attached hydrogens (primary N) is 1. The lowest BCUT2D eigenvalue weighted by atomic mass is 9.99. The van der Waals surface area contributed by atoms with Crippen molar-refractivity contribution in [3.63, 3.8) is 0 Å². The molecule has 0 aromatic heterocycles. The standard InChI is InChI=1S/C15H19N3O2/c16-14(19)11-6-8-18(9-11)15(20)12-5-1-3-10-4-2-7-17-13(10)12/h1,3,5,11,17H,2,4,6-9H2,(H2,16,19). The Bertz CT molecular complexity index is 556. The van der Waals surface area contributed by atoms with E-state index in [4.69, 9.17) is 5.73 Å². The number of fused-ring (bicyclic) bond motifs is 1. The first-order valence-corrected chi connectivity index (χ1v) is 7.11. The molecule has 0 radical (unpaired) electrons. The van der Waals surface area contributed by atoms with Gasteiger partial charge in [-0.25, -0.2) is 0 Å². The fourth-order valence-electron chi connectivity index (χ4n) is 3.03. The van der Waals surface area contributed by atoms with Gasteiger partial charge in [-0.05, 0) is 30.9 Å². The number of amides is 2. The Morgan fingerprint density at radius 1 is 1.35 bits per heavy atom. The van der Waals surface area contributed by atoms with E-state index < -0.39 is 0 Å². The van der Waals surface area contributed by atoms with Gasteiger partial charge in [-0.2, -0.15) is 0 Å². The van der Waals surface area contributed by atoms with Gasteiger partial charge in [0.05, 0.1) is 17.2 Å². The van der Waals surface area contributed by atoms with Crippen molar-refractivity contribution in [1.29, 1.82) is 0 Å². The average Bonchev–Trinajstić information content (AvgIpc) is 2.96. The summed E-state index contributed by atoms with van der Waals surface area (Å²) >= 11 is 0. The summed E-state index contributed by atoms with van der Waals surface area (Å²) in [6.07, 6.45) is 2.77. The summed E-state index contributed by atoms with van der Waals surface area (Å²) in [5.74, 6) is -0.514. The van der Waals surface area contributed by atoms with E-state index in [9.17, 15) is 9.59 Å². The lowest BCUT2D eigenvalue weighted by Gasteiger charge is -2.23. The van der Waals surface area contributed by atoms with Crippen molar-refractivity contribution in [2.45, 2.75) is 19.3 Å². The van der Waals surface area contributed by atoms with Crippen LogP contribution in [0, 0.1) is 5.92 Å². The first kappa shape index (κ1) is 13.0. The molecule has 2 aliphatic rings. The topological polar surface area (TPSA) is 75.4 Å². The molecule has 1 atom stereocenters. The summed E-state index contributed by atoms with van der Waals surface area (Å²) < 4.78 is 0. The van der Waals surface area contributed by atoms with Crippen molar-refractivity contribution in [2.24, 2.45) is 11.7 Å². The monoisotopic (exact) mass is 273 g/mol. The zero-order chi connectivity index (χ0) is 14.1. The normalized spacial score (nSPS) is 21.2. The number of hydrogen-bond acceptors (Lipinski definition) is 3. The third kappa shape index (κ3) is 2.24. The third-order valence-electron chi connectivity index (χ3n) is 4.18. The second kappa shape index (κ2) is 5.15. The molecule has 2 heterocycles. The summed E-state index contributed by atoms with van der Waals surface area (Å²) in [4.78, 5) is 25.6. The van der Waals surface area contributed by atoms with Crippen LogP contribution in [0.2, 0.25) is 0 Å². The highest BCUT2D eigenvalue weighted by Crippen LogP contribution is 2.28. The smallest absolute Gasteiger partial charge is 0.255 e. The number of carbonyl (C=O) groups is 2. The molecule has 106 valence electrons. The van der Waals surface area contributed by atoms with Gasteiger partial charge in [0.15, 0.2) is 0 Å². The van der Waals surface area contributed by atoms with Crippen LogP contribution in [-0.2, 0) is 11.2 Å². The minimum atomic E-state index is -0.312. The zero-order valence-electron chi connectivity index (χ0n) is 11.4. The summed E-state index contributed by atoms with van der Waals surface area (Å²) in [6.45, 7) is 1.95. The van der Waals surface area contributed by atoms with Crippen molar-refractivity contribution in [3.05, 3.63) is 29.3 Å². The largest absolute Gasteiger partial charge is 0.384 e. The maximum atomic E-state index is 12.6. The van der Waals surface area contributed by atoms with Gasteiger partial charge in [0.2, 0.25) is 5.91 Å². The highest BCUT2D eigenvalue weighted by molar-refractivity contribution is 6.01. The van der Waals surface area contributed by atoms with Gasteiger partial charge in [0.1, 0.15) is 0 Å². The molecule has 2 aliphatic heterocycles. The van der Waals surface area contributed by atoms with E-state index in [2.05, 4.69) is 11.4 Å². The number of anilines is 1. The van der Waals surface area contributed by atoms with Crippen LogP contribution in [0.15, 0.2) is 18.2 Å². The highest BCUT2D eigenvalue weighted by atomic mass is 16.2. The molecular weight excluding hydrogens is 254 g/mol. The maximum absolute atomic E-state index is 12.6. The van der Waals surface area contributed by atoms with Gasteiger partial charge < -0.3 is 16.0 Å². The minimum Gasteiger partial charge on any atom is -0.384 e. The molecule has 0 aliphatic carbocycles. The first-order valence-electron chi connectivity index (χ1n) is 7.11. The highest BCUT2D eigenvalue weighted by Gasteiger charge is 2.31. The molecule has 0 bridgehead atoms. The Hall–Kier alpha value is -2.04. The molecule has 2 amide bonds. The number of rotatable bonds is 2. The third-order valence-corrected chi connectivity index (χ3v) is 4.18. The van der Waals surface area contributed by atoms with Crippen LogP contribution >= 0.6 is 0 Å². The number of para-hydroxylation sites is 1. The molecule has 1 fully saturated rings. The molecule has 0 saturated carbocycles. The fourth-order valence-corrected chi connectivity index (χ4v) is 3.03. The molecule has 0 spiro atoms. The van der Waals surface area contributed by atoms with Crippen molar-refractivity contribution in [2.75, 3.05) is 25.0 Å². The molecule has 3 N–H and O–H groups in total. The van der Waals surface area contributed by atoms with E-state index in [0.29, 0.717) is 25.1 Å². The van der Waals surface area contributed by atoms with Gasteiger partial charge in [-0.1, -0.05) is 12.1 Å². The molecule has 1 saturated heterocycles. The second-order valence-corrected chi connectivity index (χ2v) is 5.51. The van der Waals surface area contributed by atoms with Crippen molar-refractivity contribution < 1.29 is 9.59 Å². The van der Waals surface area contributed by atoms with Crippen LogP contribution in [0.25, 0.3) is 0 Å². The lowest BCUT2D eigenvalue weighted by molar-refractivity contribution is -0.121. The SMILES string of the molecule is NC(=O)C1CCN(C(=O)c2cccc3c2NCCC3)C1. The second-order valence-electron chi connectivity index (χ2n) is 5.51. The van der Waals surface area contributed by atoms with E-state index in [1.807, 2.05) is 12.1 Å². The van der Waals surface area contributed by atoms with Crippen molar-refractivity contribution in [3.8, 4) is 0 Å². The number of benzene rings is 1. The van der Waals surface area contributed by atoms with E-state index >= 15 is 0 Å². The Labute approximate surface area is 118 Å². The predicted molar refractivity (Wildman–Crippen MR) is 76.5 cm³/mol. The van der Waals surface area contributed by atoms with Gasteiger partial charge in [-0.3, -0.25) is 9.59 Å². The van der Waals surface area contributed by atoms with Crippen LogP contribution in [0.4, 0.5) is 5.69 Å². The van der Waals surface area contributed by atoms with Gasteiger partial charge >= 0.3 is 0 Å². The van der Waals surface area contributed by atoms with Crippen LogP contribution in [0.1, 0.15) is 28.8 Å². The van der Waals surface area contributed by atoms with Crippen LogP contribution in [-0.4, -0.2) is 36.3 Å². The van der Waals surface area contributed by atoms with Gasteiger partial charge in [-0.15, -0.1) is 0 Å². The molecule has 1 aromatic carbocycles. The summed E-state index contributed by atoms with van der Waals surface area (Å²) in [5, 5.41) is 3.33. The number of aryl methyl sites for hydroxylation is 1. The molecular formula is C15H19N3O2. The number of likely N-dealkylation sites (tertiary alicyclic amines) is 1. The lowest BCUT2D eigenvalue weighted by Crippen LogP contribution is -2.32. The summed E-state index contributed by atoms with van der Waals surface area (Å²) in [7, 11) is 0. The Morgan fingerprint density at radius 2 is 2.20 bits per heavy atom. The van der Waals surface area contributed by atoms with Crippen LogP contribution in [0.5, 0.6) is 0 Å². The van der Waals surface area contributed by atoms with E-state index in [0.717, 1.165) is 25.1 Å². The average molecular weight is 273 g/mol. The fraction of sp³-hybridized carbons (Fsp3) is 0.467. The van der Waals surface area contributed by atoms with Crippen molar-refractivity contribution in [1.82, 2.24) is 4.90 Å². The number of primary amides is 1. The number of nitrogens with one attached hydrogen (secondary N) is 1. The predicted octanol–water partition coefficient (Wildman–Crippen LogP) is 0.992. The molecule has 5 heteroatoms. The molecule has 5 nitrogen and oxygen atoms in total. The Balaban J connectivity index is 1.83. The molecule has 20 heavy (non-hydrogen) atoms. The van der Waals surface area contributed by atoms with E-state index in [-0.39, 0.29) is 17.7 Å². The van der Waals surface area contributed by atoms with E-state index in [1.165, 1.54) is 5.56 Å². The molecule has 1 unspecified atom stereocenters.